The number of pyridine rings is 1. The van der Waals surface area contributed by atoms with Crippen molar-refractivity contribution in [3.05, 3.63) is 82.5 Å². The molecule has 2 heterocycles. The fourth-order valence-electron chi connectivity index (χ4n) is 2.43. The third kappa shape index (κ3) is 5.29. The smallest absolute Gasteiger partial charge is 0.249 e. The zero-order chi connectivity index (χ0) is 19.8. The highest BCUT2D eigenvalue weighted by Crippen LogP contribution is 2.27. The van der Waals surface area contributed by atoms with Gasteiger partial charge >= 0.3 is 0 Å². The van der Waals surface area contributed by atoms with Crippen molar-refractivity contribution in [3.8, 4) is 11.8 Å². The summed E-state index contributed by atoms with van der Waals surface area (Å²) in [5.41, 5.74) is 2.24. The standard InChI is InChI=1S/C22H19N3O2S/c1-2-20-13-17(14-23)22(28-20)25-21(26)11-8-16-6-9-19(10-7-16)27-15-18-5-3-4-12-24-18/h3-13H,2,15H2,1H3,(H,25,26)/b11-8+. The van der Waals surface area contributed by atoms with E-state index in [0.29, 0.717) is 17.2 Å². The number of aryl methyl sites for hydroxylation is 1. The fraction of sp³-hybridized carbons (Fsp3) is 0.136. The van der Waals surface area contributed by atoms with Crippen LogP contribution < -0.4 is 10.1 Å². The van der Waals surface area contributed by atoms with Gasteiger partial charge in [-0.15, -0.1) is 11.3 Å². The Hall–Kier alpha value is -3.43. The minimum absolute atomic E-state index is 0.267. The quantitative estimate of drug-likeness (QED) is 0.589. The summed E-state index contributed by atoms with van der Waals surface area (Å²) in [6.07, 6.45) is 5.74. The van der Waals surface area contributed by atoms with Crippen LogP contribution in [0.15, 0.2) is 60.8 Å². The van der Waals surface area contributed by atoms with Crippen LogP contribution in [0.4, 0.5) is 5.00 Å². The molecule has 0 fully saturated rings. The highest BCUT2D eigenvalue weighted by atomic mass is 32.1. The molecule has 6 heteroatoms. The van der Waals surface area contributed by atoms with Crippen molar-refractivity contribution < 1.29 is 9.53 Å². The van der Waals surface area contributed by atoms with E-state index in [1.807, 2.05) is 55.5 Å². The van der Waals surface area contributed by atoms with E-state index in [0.717, 1.165) is 28.3 Å². The molecule has 28 heavy (non-hydrogen) atoms. The highest BCUT2D eigenvalue weighted by Gasteiger charge is 2.09. The number of carbonyl (C=O) groups is 1. The van der Waals surface area contributed by atoms with Crippen molar-refractivity contribution in [2.45, 2.75) is 20.0 Å². The lowest BCUT2D eigenvalue weighted by Crippen LogP contribution is -2.07. The van der Waals surface area contributed by atoms with E-state index >= 15 is 0 Å². The average molecular weight is 389 g/mol. The van der Waals surface area contributed by atoms with Gasteiger partial charge in [0.15, 0.2) is 0 Å². The summed E-state index contributed by atoms with van der Waals surface area (Å²) in [5.74, 6) is 0.466. The summed E-state index contributed by atoms with van der Waals surface area (Å²) in [6, 6.07) is 17.1. The second-order valence-electron chi connectivity index (χ2n) is 5.92. The van der Waals surface area contributed by atoms with Gasteiger partial charge in [-0.25, -0.2) is 0 Å². The van der Waals surface area contributed by atoms with E-state index in [1.165, 1.54) is 17.4 Å². The number of hydrogen-bond acceptors (Lipinski definition) is 5. The third-order valence-electron chi connectivity index (χ3n) is 3.91. The van der Waals surface area contributed by atoms with E-state index in [9.17, 15) is 4.79 Å². The minimum atomic E-state index is -0.267. The summed E-state index contributed by atoms with van der Waals surface area (Å²) in [7, 11) is 0. The molecule has 3 aromatic rings. The van der Waals surface area contributed by atoms with Crippen LogP contribution >= 0.6 is 11.3 Å². The lowest BCUT2D eigenvalue weighted by Gasteiger charge is -2.05. The number of amides is 1. The zero-order valence-electron chi connectivity index (χ0n) is 15.4. The summed E-state index contributed by atoms with van der Waals surface area (Å²) in [5, 5.41) is 12.5. The minimum Gasteiger partial charge on any atom is -0.487 e. The van der Waals surface area contributed by atoms with E-state index in [4.69, 9.17) is 10.00 Å². The maximum absolute atomic E-state index is 12.1. The SMILES string of the molecule is CCc1cc(C#N)c(NC(=O)/C=C/c2ccc(OCc3ccccn3)cc2)s1. The van der Waals surface area contributed by atoms with Crippen LogP contribution in [-0.2, 0) is 17.8 Å². The molecule has 140 valence electrons. The van der Waals surface area contributed by atoms with E-state index in [1.54, 1.807) is 12.3 Å². The van der Waals surface area contributed by atoms with Crippen molar-refractivity contribution in [2.75, 3.05) is 5.32 Å². The number of nitrogens with zero attached hydrogens (tertiary/aromatic N) is 2. The van der Waals surface area contributed by atoms with Crippen LogP contribution in [-0.4, -0.2) is 10.9 Å². The van der Waals surface area contributed by atoms with Gasteiger partial charge in [0.05, 0.1) is 11.3 Å². The molecule has 0 atom stereocenters. The van der Waals surface area contributed by atoms with Crippen LogP contribution in [0.2, 0.25) is 0 Å². The fourth-order valence-corrected chi connectivity index (χ4v) is 3.38. The molecule has 0 spiro atoms. The molecule has 1 amide bonds. The largest absolute Gasteiger partial charge is 0.487 e. The normalized spacial score (nSPS) is 10.6. The van der Waals surface area contributed by atoms with Gasteiger partial charge in [-0.2, -0.15) is 5.26 Å². The first-order chi connectivity index (χ1) is 13.7. The Morgan fingerprint density at radius 1 is 1.29 bits per heavy atom. The number of benzene rings is 1. The van der Waals surface area contributed by atoms with Gasteiger partial charge in [0.2, 0.25) is 5.91 Å². The van der Waals surface area contributed by atoms with Crippen LogP contribution in [0.25, 0.3) is 6.08 Å². The maximum Gasteiger partial charge on any atom is 0.249 e. The van der Waals surface area contributed by atoms with Gasteiger partial charge in [-0.1, -0.05) is 25.1 Å². The van der Waals surface area contributed by atoms with Crippen LogP contribution in [0.5, 0.6) is 5.75 Å². The van der Waals surface area contributed by atoms with Gasteiger partial charge in [0, 0.05) is 17.2 Å². The van der Waals surface area contributed by atoms with Crippen LogP contribution in [0, 0.1) is 11.3 Å². The molecule has 0 unspecified atom stereocenters. The Morgan fingerprint density at radius 3 is 2.79 bits per heavy atom. The van der Waals surface area contributed by atoms with E-state index < -0.39 is 0 Å². The van der Waals surface area contributed by atoms with Gasteiger partial charge in [0.25, 0.3) is 0 Å². The Bertz CT molecular complexity index is 1000. The molecule has 0 bridgehead atoms. The number of thiophene rings is 1. The Balaban J connectivity index is 1.56. The number of carbonyl (C=O) groups excluding carboxylic acids is 1. The first-order valence-corrected chi connectivity index (χ1v) is 9.64. The average Bonchev–Trinajstić information content (AvgIpc) is 3.14. The molecule has 0 aliphatic rings. The predicted octanol–water partition coefficient (Wildman–Crippen LogP) is 4.81. The predicted molar refractivity (Wildman–Crippen MR) is 111 cm³/mol. The number of nitrogens with one attached hydrogen (secondary N) is 1. The lowest BCUT2D eigenvalue weighted by atomic mass is 10.2. The number of rotatable bonds is 7. The number of nitriles is 1. The highest BCUT2D eigenvalue weighted by molar-refractivity contribution is 7.16. The molecule has 1 N–H and O–H groups in total. The van der Waals surface area contributed by atoms with Crippen molar-refractivity contribution in [3.63, 3.8) is 0 Å². The van der Waals surface area contributed by atoms with Gasteiger partial charge in [-0.05, 0) is 48.4 Å². The third-order valence-corrected chi connectivity index (χ3v) is 5.10. The maximum atomic E-state index is 12.1. The van der Waals surface area contributed by atoms with Crippen molar-refractivity contribution >= 4 is 28.3 Å². The first-order valence-electron chi connectivity index (χ1n) is 8.82. The number of anilines is 1. The second kappa shape index (κ2) is 9.49. The van der Waals surface area contributed by atoms with Crippen LogP contribution in [0.3, 0.4) is 0 Å². The molecule has 1 aromatic carbocycles. The zero-order valence-corrected chi connectivity index (χ0v) is 16.2. The van der Waals surface area contributed by atoms with Crippen molar-refractivity contribution in [1.82, 2.24) is 4.98 Å². The first kappa shape index (κ1) is 19.3. The summed E-state index contributed by atoms with van der Waals surface area (Å²) in [6.45, 7) is 2.42. The van der Waals surface area contributed by atoms with Gasteiger partial charge < -0.3 is 10.1 Å². The van der Waals surface area contributed by atoms with Crippen molar-refractivity contribution in [1.29, 1.82) is 5.26 Å². The van der Waals surface area contributed by atoms with E-state index in [2.05, 4.69) is 16.4 Å². The molecule has 0 aliphatic heterocycles. The molecular weight excluding hydrogens is 370 g/mol. The van der Waals surface area contributed by atoms with Crippen molar-refractivity contribution in [2.24, 2.45) is 0 Å². The summed E-state index contributed by atoms with van der Waals surface area (Å²) >= 11 is 1.43. The number of ether oxygens (including phenoxy) is 1. The van der Waals surface area contributed by atoms with E-state index in [-0.39, 0.29) is 5.91 Å². The lowest BCUT2D eigenvalue weighted by molar-refractivity contribution is -0.111. The molecule has 5 nitrogen and oxygen atoms in total. The van der Waals surface area contributed by atoms with Gasteiger partial charge in [-0.3, -0.25) is 9.78 Å². The molecule has 3 rings (SSSR count). The monoisotopic (exact) mass is 389 g/mol. The van der Waals surface area contributed by atoms with Crippen LogP contribution in [0.1, 0.15) is 28.6 Å². The molecule has 0 saturated heterocycles. The molecule has 0 saturated carbocycles. The summed E-state index contributed by atoms with van der Waals surface area (Å²) in [4.78, 5) is 17.4. The number of hydrogen-bond donors (Lipinski definition) is 1. The van der Waals surface area contributed by atoms with Gasteiger partial charge in [0.1, 0.15) is 23.4 Å². The molecule has 0 radical (unpaired) electrons. The molecular formula is C22H19N3O2S. The Labute approximate surface area is 167 Å². The molecule has 2 aromatic heterocycles. The molecule has 0 aliphatic carbocycles. The summed E-state index contributed by atoms with van der Waals surface area (Å²) < 4.78 is 5.69. The Kier molecular flexibility index (Phi) is 6.55. The topological polar surface area (TPSA) is 75.0 Å². The second-order valence-corrected chi connectivity index (χ2v) is 7.06. The number of aromatic nitrogens is 1. The Morgan fingerprint density at radius 2 is 2.11 bits per heavy atom.